The number of rotatable bonds is 3. The van der Waals surface area contributed by atoms with Crippen LogP contribution in [0.5, 0.6) is 0 Å². The molecule has 0 atom stereocenters. The molecule has 0 amide bonds. The van der Waals surface area contributed by atoms with Crippen molar-refractivity contribution in [3.8, 4) is 0 Å². The Hall–Kier alpha value is -1.46. The van der Waals surface area contributed by atoms with Crippen molar-refractivity contribution in [2.45, 2.75) is 30.7 Å². The number of aromatic nitrogens is 2. The van der Waals surface area contributed by atoms with Crippen molar-refractivity contribution in [3.05, 3.63) is 52.9 Å². The fraction of sp³-hybridized carbons (Fsp3) is 0.286. The molecule has 1 N–H and O–H groups in total. The molecule has 0 unspecified atom stereocenters. The van der Waals surface area contributed by atoms with E-state index in [1.807, 2.05) is 6.92 Å². The lowest BCUT2D eigenvalue weighted by molar-refractivity contribution is 0.626. The van der Waals surface area contributed by atoms with E-state index >= 15 is 0 Å². The largest absolute Gasteiger partial charge is 0.307 e. The molecule has 3 rings (SSSR count). The second-order valence-corrected chi connectivity index (χ2v) is 5.55. The molecule has 2 aromatic rings. The summed E-state index contributed by atoms with van der Waals surface area (Å²) in [5.74, 6) is 1.34. The Balaban J connectivity index is 1.73. The molecule has 0 fully saturated rings. The molecule has 98 valence electrons. The summed E-state index contributed by atoms with van der Waals surface area (Å²) in [5.41, 5.74) is 3.41. The molecule has 3 nitrogen and oxygen atoms in total. The van der Waals surface area contributed by atoms with Crippen LogP contribution in [0.15, 0.2) is 29.2 Å². The highest BCUT2D eigenvalue weighted by Crippen LogP contribution is 2.23. The monoisotopic (exact) mass is 275 g/mol. The Labute approximate surface area is 115 Å². The van der Waals surface area contributed by atoms with E-state index in [1.54, 1.807) is 23.9 Å². The highest BCUT2D eigenvalue weighted by Gasteiger charge is 2.16. The van der Waals surface area contributed by atoms with Gasteiger partial charge in [-0.3, -0.25) is 0 Å². The minimum Gasteiger partial charge on any atom is -0.307 e. The Bertz CT molecular complexity index is 598. The van der Waals surface area contributed by atoms with E-state index in [-0.39, 0.29) is 5.82 Å². The SMILES string of the molecule is Cc1nc(CSc2ccc(F)cc2)nc2c1CNC2. The first-order valence-electron chi connectivity index (χ1n) is 6.17. The number of nitrogens with zero attached hydrogens (tertiary/aromatic N) is 2. The molecule has 0 radical (unpaired) electrons. The van der Waals surface area contributed by atoms with Gasteiger partial charge in [0.1, 0.15) is 11.6 Å². The van der Waals surface area contributed by atoms with Gasteiger partial charge in [-0.25, -0.2) is 14.4 Å². The number of thioether (sulfide) groups is 1. The number of benzene rings is 1. The van der Waals surface area contributed by atoms with Gasteiger partial charge in [-0.05, 0) is 31.2 Å². The maximum Gasteiger partial charge on any atom is 0.139 e. The molecule has 1 aromatic heterocycles. The van der Waals surface area contributed by atoms with Crippen molar-refractivity contribution in [1.82, 2.24) is 15.3 Å². The number of aryl methyl sites for hydroxylation is 1. The van der Waals surface area contributed by atoms with Crippen LogP contribution in [0.1, 0.15) is 22.8 Å². The lowest BCUT2D eigenvalue weighted by Gasteiger charge is -2.06. The molecule has 0 aliphatic carbocycles. The third kappa shape index (κ3) is 2.77. The highest BCUT2D eigenvalue weighted by atomic mass is 32.2. The molecule has 0 saturated carbocycles. The number of hydrogen-bond donors (Lipinski definition) is 1. The van der Waals surface area contributed by atoms with Gasteiger partial charge in [0.25, 0.3) is 0 Å². The average Bonchev–Trinajstić information content (AvgIpc) is 2.87. The highest BCUT2D eigenvalue weighted by molar-refractivity contribution is 7.98. The lowest BCUT2D eigenvalue weighted by atomic mass is 10.2. The third-order valence-electron chi connectivity index (χ3n) is 3.12. The Morgan fingerprint density at radius 1 is 1.21 bits per heavy atom. The molecule has 0 spiro atoms. The van der Waals surface area contributed by atoms with Crippen LogP contribution in [-0.2, 0) is 18.8 Å². The first-order chi connectivity index (χ1) is 9.22. The molecule has 1 aliphatic rings. The fourth-order valence-corrected chi connectivity index (χ4v) is 2.90. The molecule has 19 heavy (non-hydrogen) atoms. The van der Waals surface area contributed by atoms with Crippen LogP contribution in [-0.4, -0.2) is 9.97 Å². The summed E-state index contributed by atoms with van der Waals surface area (Å²) in [4.78, 5) is 10.1. The lowest BCUT2D eigenvalue weighted by Crippen LogP contribution is -2.02. The smallest absolute Gasteiger partial charge is 0.139 e. The minimum absolute atomic E-state index is 0.208. The average molecular weight is 275 g/mol. The Kier molecular flexibility index (Phi) is 3.48. The maximum atomic E-state index is 12.8. The summed E-state index contributed by atoms with van der Waals surface area (Å²) >= 11 is 1.62. The second-order valence-electron chi connectivity index (χ2n) is 4.50. The summed E-state index contributed by atoms with van der Waals surface area (Å²) in [6.07, 6.45) is 0. The van der Waals surface area contributed by atoms with Crippen molar-refractivity contribution >= 4 is 11.8 Å². The van der Waals surface area contributed by atoms with Crippen LogP contribution in [0.25, 0.3) is 0 Å². The van der Waals surface area contributed by atoms with Crippen molar-refractivity contribution in [2.75, 3.05) is 0 Å². The molecule has 1 aliphatic heterocycles. The maximum absolute atomic E-state index is 12.8. The first kappa shape index (κ1) is 12.6. The van der Waals surface area contributed by atoms with E-state index < -0.39 is 0 Å². The van der Waals surface area contributed by atoms with Gasteiger partial charge in [0, 0.05) is 29.2 Å². The van der Waals surface area contributed by atoms with Gasteiger partial charge >= 0.3 is 0 Å². The normalized spacial score (nSPS) is 13.6. The van der Waals surface area contributed by atoms with E-state index in [1.165, 1.54) is 17.7 Å². The predicted molar refractivity (Wildman–Crippen MR) is 73.3 cm³/mol. The molecule has 1 aromatic carbocycles. The van der Waals surface area contributed by atoms with E-state index in [4.69, 9.17) is 0 Å². The van der Waals surface area contributed by atoms with E-state index in [0.29, 0.717) is 5.75 Å². The van der Waals surface area contributed by atoms with Crippen molar-refractivity contribution in [1.29, 1.82) is 0 Å². The first-order valence-corrected chi connectivity index (χ1v) is 7.15. The molecule has 0 bridgehead atoms. The number of halogens is 1. The number of nitrogens with one attached hydrogen (secondary N) is 1. The van der Waals surface area contributed by atoms with Crippen LogP contribution in [0.4, 0.5) is 4.39 Å². The van der Waals surface area contributed by atoms with Gasteiger partial charge in [-0.1, -0.05) is 0 Å². The van der Waals surface area contributed by atoms with Crippen LogP contribution in [0.3, 0.4) is 0 Å². The molecular formula is C14H14FN3S. The van der Waals surface area contributed by atoms with Gasteiger partial charge in [0.2, 0.25) is 0 Å². The van der Waals surface area contributed by atoms with Crippen molar-refractivity contribution < 1.29 is 4.39 Å². The Morgan fingerprint density at radius 2 is 2.00 bits per heavy atom. The summed E-state index contributed by atoms with van der Waals surface area (Å²) in [6, 6.07) is 6.51. The van der Waals surface area contributed by atoms with Gasteiger partial charge in [-0.2, -0.15) is 0 Å². The van der Waals surface area contributed by atoms with E-state index in [2.05, 4.69) is 15.3 Å². The molecule has 2 heterocycles. The van der Waals surface area contributed by atoms with Gasteiger partial charge in [0.05, 0.1) is 11.4 Å². The zero-order valence-electron chi connectivity index (χ0n) is 10.6. The van der Waals surface area contributed by atoms with Crippen LogP contribution in [0, 0.1) is 12.7 Å². The number of fused-ring (bicyclic) bond motifs is 1. The second kappa shape index (κ2) is 5.27. The summed E-state index contributed by atoms with van der Waals surface area (Å²) in [6.45, 7) is 3.72. The molecular weight excluding hydrogens is 261 g/mol. The van der Waals surface area contributed by atoms with Gasteiger partial charge in [0.15, 0.2) is 0 Å². The topological polar surface area (TPSA) is 37.8 Å². The summed E-state index contributed by atoms with van der Waals surface area (Å²) < 4.78 is 12.8. The van der Waals surface area contributed by atoms with Crippen LogP contribution < -0.4 is 5.32 Å². The Morgan fingerprint density at radius 3 is 2.79 bits per heavy atom. The summed E-state index contributed by atoms with van der Waals surface area (Å²) in [5, 5.41) is 3.28. The van der Waals surface area contributed by atoms with E-state index in [0.717, 1.165) is 35.2 Å². The zero-order chi connectivity index (χ0) is 13.2. The molecule has 0 saturated heterocycles. The zero-order valence-corrected chi connectivity index (χ0v) is 11.4. The number of hydrogen-bond acceptors (Lipinski definition) is 4. The van der Waals surface area contributed by atoms with Crippen LogP contribution in [0.2, 0.25) is 0 Å². The standard InChI is InChI=1S/C14H14FN3S/c1-9-12-6-16-7-13(12)18-14(17-9)8-19-11-4-2-10(15)3-5-11/h2-5,16H,6-8H2,1H3. The fourth-order valence-electron chi connectivity index (χ4n) is 2.14. The van der Waals surface area contributed by atoms with Crippen molar-refractivity contribution in [2.24, 2.45) is 0 Å². The van der Waals surface area contributed by atoms with Crippen molar-refractivity contribution in [3.63, 3.8) is 0 Å². The van der Waals surface area contributed by atoms with Gasteiger partial charge < -0.3 is 5.32 Å². The van der Waals surface area contributed by atoms with E-state index in [9.17, 15) is 4.39 Å². The minimum atomic E-state index is -0.208. The third-order valence-corrected chi connectivity index (χ3v) is 4.13. The summed E-state index contributed by atoms with van der Waals surface area (Å²) in [7, 11) is 0. The van der Waals surface area contributed by atoms with Crippen LogP contribution >= 0.6 is 11.8 Å². The predicted octanol–water partition coefficient (Wildman–Crippen LogP) is 2.82. The quantitative estimate of drug-likeness (QED) is 0.874. The van der Waals surface area contributed by atoms with Gasteiger partial charge in [-0.15, -0.1) is 11.8 Å². The molecule has 5 heteroatoms.